The van der Waals surface area contributed by atoms with E-state index < -0.39 is 23.9 Å². The van der Waals surface area contributed by atoms with Crippen LogP contribution in [0.2, 0.25) is 0 Å². The van der Waals surface area contributed by atoms with Gasteiger partial charge in [0.1, 0.15) is 0 Å². The van der Waals surface area contributed by atoms with Crippen LogP contribution in [0, 0.1) is 5.92 Å². The highest BCUT2D eigenvalue weighted by Crippen LogP contribution is 2.16. The number of esters is 2. The molecule has 26 heavy (non-hydrogen) atoms. The number of carbonyl (C=O) groups is 4. The average molecular weight is 372 g/mol. The predicted molar refractivity (Wildman–Crippen MR) is 94.4 cm³/mol. The van der Waals surface area contributed by atoms with E-state index in [9.17, 15) is 19.2 Å². The third kappa shape index (κ3) is 14.9. The molecule has 0 fully saturated rings. The highest BCUT2D eigenvalue weighted by atomic mass is 16.5. The van der Waals surface area contributed by atoms with Crippen LogP contribution in [0.1, 0.15) is 46.5 Å². The Hall–Kier alpha value is -2.64. The molecule has 0 aliphatic heterocycles. The maximum absolute atomic E-state index is 10.8. The van der Waals surface area contributed by atoms with Gasteiger partial charge in [0.15, 0.2) is 0 Å². The van der Waals surface area contributed by atoms with E-state index in [1.165, 1.54) is 7.11 Å². The lowest BCUT2D eigenvalue weighted by Gasteiger charge is -2.09. The standard InChI is InChI=1S/2C9H14O4/c1-3-4-7-13-9(11)6-5-8(10)12-2;1-3-4-6(2)7(9(12)13)5-8(10)11/h5-6H,3-4,7H2,1-2H3;5-6H,3-4H2,1-2H3,(H,10,11)(H,12,13)/b6-5-;7-5-. The molecule has 8 heteroatoms. The monoisotopic (exact) mass is 372 g/mol. The minimum absolute atomic E-state index is 0.0330. The molecule has 0 aromatic rings. The summed E-state index contributed by atoms with van der Waals surface area (Å²) in [5.74, 6) is -3.64. The minimum atomic E-state index is -1.21. The lowest BCUT2D eigenvalue weighted by Crippen LogP contribution is -2.11. The molecule has 0 radical (unpaired) electrons. The van der Waals surface area contributed by atoms with Crippen molar-refractivity contribution in [2.75, 3.05) is 13.7 Å². The number of carboxylic acids is 2. The number of hydrogen-bond acceptors (Lipinski definition) is 6. The SMILES string of the molecule is CCCC(C)/C(=C/C(=O)O)C(=O)O.CCCCOC(=O)/C=C\C(=O)OC. The molecule has 2 N–H and O–H groups in total. The van der Waals surface area contributed by atoms with Crippen molar-refractivity contribution in [2.24, 2.45) is 5.92 Å². The van der Waals surface area contributed by atoms with Crippen molar-refractivity contribution >= 4 is 23.9 Å². The third-order valence-electron chi connectivity index (χ3n) is 3.08. The first-order valence-corrected chi connectivity index (χ1v) is 8.30. The van der Waals surface area contributed by atoms with Crippen LogP contribution in [-0.4, -0.2) is 47.8 Å². The Morgan fingerprint density at radius 2 is 1.58 bits per heavy atom. The molecule has 1 unspecified atom stereocenters. The van der Waals surface area contributed by atoms with E-state index in [0.717, 1.165) is 37.5 Å². The molecule has 0 spiro atoms. The lowest BCUT2D eigenvalue weighted by atomic mass is 9.96. The van der Waals surface area contributed by atoms with Crippen LogP contribution < -0.4 is 0 Å². The molecule has 0 aliphatic rings. The van der Waals surface area contributed by atoms with Crippen molar-refractivity contribution < 1.29 is 38.9 Å². The lowest BCUT2D eigenvalue weighted by molar-refractivity contribution is -0.139. The molecule has 0 rings (SSSR count). The van der Waals surface area contributed by atoms with E-state index in [-0.39, 0.29) is 11.5 Å². The number of hydrogen-bond donors (Lipinski definition) is 2. The topological polar surface area (TPSA) is 127 Å². The maximum atomic E-state index is 10.8. The number of methoxy groups -OCH3 is 1. The number of carbonyl (C=O) groups excluding carboxylic acids is 2. The Morgan fingerprint density at radius 1 is 1.00 bits per heavy atom. The van der Waals surface area contributed by atoms with Crippen LogP contribution in [0.25, 0.3) is 0 Å². The summed E-state index contributed by atoms with van der Waals surface area (Å²) in [4.78, 5) is 42.3. The fraction of sp³-hybridized carbons (Fsp3) is 0.556. The minimum Gasteiger partial charge on any atom is -0.478 e. The summed E-state index contributed by atoms with van der Waals surface area (Å²) in [5.41, 5.74) is -0.0330. The molecule has 8 nitrogen and oxygen atoms in total. The summed E-state index contributed by atoms with van der Waals surface area (Å²) >= 11 is 0. The van der Waals surface area contributed by atoms with Gasteiger partial charge in [-0.15, -0.1) is 0 Å². The van der Waals surface area contributed by atoms with Crippen LogP contribution >= 0.6 is 0 Å². The number of rotatable bonds is 10. The first-order valence-electron chi connectivity index (χ1n) is 8.30. The number of carboxylic acid groups (broad SMARTS) is 2. The molecule has 0 saturated carbocycles. The smallest absolute Gasteiger partial charge is 0.332 e. The summed E-state index contributed by atoms with van der Waals surface area (Å²) < 4.78 is 9.04. The van der Waals surface area contributed by atoms with Gasteiger partial charge in [0.2, 0.25) is 0 Å². The van der Waals surface area contributed by atoms with Crippen molar-refractivity contribution in [3.63, 3.8) is 0 Å². The maximum Gasteiger partial charge on any atom is 0.332 e. The fourth-order valence-electron chi connectivity index (χ4n) is 1.71. The van der Waals surface area contributed by atoms with E-state index in [4.69, 9.17) is 14.9 Å². The largest absolute Gasteiger partial charge is 0.478 e. The first kappa shape index (κ1) is 25.6. The Morgan fingerprint density at radius 3 is 2.00 bits per heavy atom. The molecular formula is C18H28O8. The first-order chi connectivity index (χ1) is 12.2. The Kier molecular flexibility index (Phi) is 15.6. The molecule has 1 atom stereocenters. The Labute approximate surface area is 153 Å². The van der Waals surface area contributed by atoms with E-state index in [1.807, 2.05) is 13.8 Å². The van der Waals surface area contributed by atoms with Crippen LogP contribution in [0.4, 0.5) is 0 Å². The number of unbranched alkanes of at least 4 members (excludes halogenated alkanes) is 1. The van der Waals surface area contributed by atoms with Crippen molar-refractivity contribution in [2.45, 2.75) is 46.5 Å². The van der Waals surface area contributed by atoms with Gasteiger partial charge in [-0.05, 0) is 18.8 Å². The highest BCUT2D eigenvalue weighted by Gasteiger charge is 2.16. The molecule has 148 valence electrons. The molecule has 0 aliphatic carbocycles. The molecule has 0 heterocycles. The Bertz CT molecular complexity index is 519. The van der Waals surface area contributed by atoms with Gasteiger partial charge in [-0.3, -0.25) is 0 Å². The van der Waals surface area contributed by atoms with Crippen LogP contribution in [0.3, 0.4) is 0 Å². The van der Waals surface area contributed by atoms with Crippen molar-refractivity contribution in [1.82, 2.24) is 0 Å². The normalized spacial score (nSPS) is 11.9. The molecule has 0 aromatic heterocycles. The van der Waals surface area contributed by atoms with E-state index >= 15 is 0 Å². The van der Waals surface area contributed by atoms with Crippen LogP contribution in [0.15, 0.2) is 23.8 Å². The van der Waals surface area contributed by atoms with E-state index in [2.05, 4.69) is 4.74 Å². The zero-order valence-corrected chi connectivity index (χ0v) is 15.7. The van der Waals surface area contributed by atoms with Gasteiger partial charge in [0.05, 0.1) is 13.7 Å². The second-order valence-corrected chi connectivity index (χ2v) is 5.31. The van der Waals surface area contributed by atoms with Gasteiger partial charge in [-0.2, -0.15) is 0 Å². The number of aliphatic carboxylic acids is 2. The van der Waals surface area contributed by atoms with Crippen molar-refractivity contribution in [1.29, 1.82) is 0 Å². The quantitative estimate of drug-likeness (QED) is 0.340. The molecule has 0 saturated heterocycles. The second-order valence-electron chi connectivity index (χ2n) is 5.31. The molecule has 0 bridgehead atoms. The van der Waals surface area contributed by atoms with Gasteiger partial charge >= 0.3 is 23.9 Å². The van der Waals surface area contributed by atoms with E-state index in [0.29, 0.717) is 13.0 Å². The van der Waals surface area contributed by atoms with Gasteiger partial charge in [0, 0.05) is 23.8 Å². The van der Waals surface area contributed by atoms with Gasteiger partial charge in [0.25, 0.3) is 0 Å². The van der Waals surface area contributed by atoms with Gasteiger partial charge in [-0.1, -0.05) is 33.6 Å². The summed E-state index contributed by atoms with van der Waals surface area (Å²) in [6.07, 6.45) is 6.18. The van der Waals surface area contributed by atoms with Crippen molar-refractivity contribution in [3.8, 4) is 0 Å². The average Bonchev–Trinajstić information content (AvgIpc) is 2.58. The van der Waals surface area contributed by atoms with Crippen molar-refractivity contribution in [3.05, 3.63) is 23.8 Å². The fourth-order valence-corrected chi connectivity index (χ4v) is 1.71. The Balaban J connectivity index is 0. The summed E-state index contributed by atoms with van der Waals surface area (Å²) in [7, 11) is 1.25. The molecule has 0 aromatic carbocycles. The molecular weight excluding hydrogens is 344 g/mol. The zero-order valence-electron chi connectivity index (χ0n) is 15.7. The molecule has 0 amide bonds. The second kappa shape index (κ2) is 15.9. The van der Waals surface area contributed by atoms with E-state index in [1.54, 1.807) is 6.92 Å². The highest BCUT2D eigenvalue weighted by molar-refractivity contribution is 5.95. The van der Waals surface area contributed by atoms with Gasteiger partial charge in [-0.25, -0.2) is 19.2 Å². The van der Waals surface area contributed by atoms with Crippen LogP contribution in [0.5, 0.6) is 0 Å². The van der Waals surface area contributed by atoms with Gasteiger partial charge < -0.3 is 19.7 Å². The summed E-state index contributed by atoms with van der Waals surface area (Å²) in [6, 6.07) is 0. The zero-order chi connectivity index (χ0) is 20.5. The predicted octanol–water partition coefficient (Wildman–Crippen LogP) is 2.58. The van der Waals surface area contributed by atoms with Crippen LogP contribution in [-0.2, 0) is 28.7 Å². The third-order valence-corrected chi connectivity index (χ3v) is 3.08. The number of ether oxygens (including phenoxy) is 2. The summed E-state index contributed by atoms with van der Waals surface area (Å²) in [6.45, 7) is 6.03. The summed E-state index contributed by atoms with van der Waals surface area (Å²) in [5, 5.41) is 17.1.